The summed E-state index contributed by atoms with van der Waals surface area (Å²) in [4.78, 5) is 4.26. The van der Waals surface area contributed by atoms with E-state index in [9.17, 15) is 23.5 Å². The summed E-state index contributed by atoms with van der Waals surface area (Å²) < 4.78 is 40.3. The number of nitrogens with zero attached hydrogens (tertiary/aromatic N) is 3. The second kappa shape index (κ2) is 5.98. The highest BCUT2D eigenvalue weighted by atomic mass is 19.4. The highest BCUT2D eigenvalue weighted by Crippen LogP contribution is 2.41. The second-order valence-corrected chi connectivity index (χ2v) is 6.26. The number of rotatable bonds is 3. The van der Waals surface area contributed by atoms with Crippen LogP contribution in [0.1, 0.15) is 31.4 Å². The predicted molar refractivity (Wildman–Crippen MR) is 81.4 cm³/mol. The number of hydrogen-bond acceptors (Lipinski definition) is 4. The number of aromatic nitrogens is 2. The summed E-state index contributed by atoms with van der Waals surface area (Å²) in [7, 11) is 0. The molecular formula is C16H17F3N4O. The van der Waals surface area contributed by atoms with E-state index in [1.54, 1.807) is 28.8 Å². The van der Waals surface area contributed by atoms with Crippen LogP contribution in [0, 0.1) is 17.2 Å². The van der Waals surface area contributed by atoms with Gasteiger partial charge in [0.1, 0.15) is 11.7 Å². The Labute approximate surface area is 136 Å². The van der Waals surface area contributed by atoms with Crippen LogP contribution in [0.2, 0.25) is 0 Å². The van der Waals surface area contributed by atoms with Crippen molar-refractivity contribution in [2.45, 2.75) is 37.5 Å². The number of anilines is 1. The van der Waals surface area contributed by atoms with Crippen LogP contribution in [-0.4, -0.2) is 32.8 Å². The van der Waals surface area contributed by atoms with Crippen molar-refractivity contribution in [1.82, 2.24) is 9.38 Å². The van der Waals surface area contributed by atoms with Crippen LogP contribution in [0.5, 0.6) is 0 Å². The molecule has 2 unspecified atom stereocenters. The average Bonchev–Trinajstić information content (AvgIpc) is 2.90. The molecule has 0 aromatic carbocycles. The van der Waals surface area contributed by atoms with Crippen molar-refractivity contribution in [3.05, 3.63) is 30.1 Å². The molecule has 8 heteroatoms. The Kier molecular flexibility index (Phi) is 4.13. The number of halogens is 3. The first-order valence-electron chi connectivity index (χ1n) is 7.72. The van der Waals surface area contributed by atoms with Crippen molar-refractivity contribution in [3.8, 4) is 6.07 Å². The van der Waals surface area contributed by atoms with E-state index < -0.39 is 17.7 Å². The van der Waals surface area contributed by atoms with E-state index >= 15 is 0 Å². The molecule has 1 fully saturated rings. The summed E-state index contributed by atoms with van der Waals surface area (Å²) in [5.41, 5.74) is -0.640. The summed E-state index contributed by atoms with van der Waals surface area (Å²) >= 11 is 0. The molecule has 0 saturated heterocycles. The number of nitrogens with one attached hydrogen (secondary N) is 1. The molecular weight excluding hydrogens is 321 g/mol. The maximum absolute atomic E-state index is 12.9. The van der Waals surface area contributed by atoms with Gasteiger partial charge in [0.15, 0.2) is 11.5 Å². The van der Waals surface area contributed by atoms with Crippen LogP contribution in [0.4, 0.5) is 19.0 Å². The van der Waals surface area contributed by atoms with Gasteiger partial charge in [0.25, 0.3) is 0 Å². The Hall–Kier alpha value is -2.27. The van der Waals surface area contributed by atoms with E-state index in [0.29, 0.717) is 18.5 Å². The van der Waals surface area contributed by atoms with Crippen molar-refractivity contribution in [2.24, 2.45) is 5.92 Å². The second-order valence-electron chi connectivity index (χ2n) is 6.26. The van der Waals surface area contributed by atoms with E-state index in [1.165, 1.54) is 0 Å². The molecule has 0 spiro atoms. The summed E-state index contributed by atoms with van der Waals surface area (Å²) in [6.07, 6.45) is -2.29. The van der Waals surface area contributed by atoms with Gasteiger partial charge in [-0.25, -0.2) is 4.98 Å². The Morgan fingerprint density at radius 1 is 1.46 bits per heavy atom. The van der Waals surface area contributed by atoms with Crippen molar-refractivity contribution < 1.29 is 18.3 Å². The van der Waals surface area contributed by atoms with Gasteiger partial charge in [-0.3, -0.25) is 4.40 Å². The summed E-state index contributed by atoms with van der Waals surface area (Å²) in [5, 5.41) is 22.7. The van der Waals surface area contributed by atoms with E-state index in [2.05, 4.69) is 10.3 Å². The fourth-order valence-corrected chi connectivity index (χ4v) is 3.25. The molecule has 0 radical (unpaired) electrons. The van der Waals surface area contributed by atoms with Crippen molar-refractivity contribution in [3.63, 3.8) is 0 Å². The quantitative estimate of drug-likeness (QED) is 0.902. The molecule has 1 aliphatic carbocycles. The van der Waals surface area contributed by atoms with E-state index in [1.807, 2.05) is 6.07 Å². The fraction of sp³-hybridized carbons (Fsp3) is 0.500. The number of aliphatic hydroxyl groups is 1. The molecule has 1 aliphatic rings. The topological polar surface area (TPSA) is 73.3 Å². The van der Waals surface area contributed by atoms with Crippen LogP contribution >= 0.6 is 0 Å². The minimum Gasteiger partial charge on any atom is -0.388 e. The molecule has 2 aromatic rings. The third-order valence-electron chi connectivity index (χ3n) is 4.50. The zero-order chi connectivity index (χ0) is 17.4. The number of alkyl halides is 3. The Morgan fingerprint density at radius 3 is 2.96 bits per heavy atom. The lowest BCUT2D eigenvalue weighted by Crippen LogP contribution is -2.45. The molecule has 2 atom stereocenters. The zero-order valence-electron chi connectivity index (χ0n) is 12.8. The first-order valence-corrected chi connectivity index (χ1v) is 7.72. The molecule has 3 rings (SSSR count). The maximum atomic E-state index is 12.9. The molecule has 0 aliphatic heterocycles. The zero-order valence-corrected chi connectivity index (χ0v) is 12.8. The molecule has 2 heterocycles. The van der Waals surface area contributed by atoms with Gasteiger partial charge in [0.2, 0.25) is 0 Å². The van der Waals surface area contributed by atoms with Gasteiger partial charge in [0, 0.05) is 12.7 Å². The lowest BCUT2D eigenvalue weighted by molar-refractivity contribution is -0.199. The van der Waals surface area contributed by atoms with Gasteiger partial charge < -0.3 is 10.4 Å². The molecule has 5 nitrogen and oxygen atoms in total. The van der Waals surface area contributed by atoms with Crippen molar-refractivity contribution >= 4 is 11.5 Å². The van der Waals surface area contributed by atoms with Gasteiger partial charge >= 0.3 is 6.18 Å². The minimum absolute atomic E-state index is 0.0453. The molecule has 2 aromatic heterocycles. The summed E-state index contributed by atoms with van der Waals surface area (Å²) in [6.45, 7) is -0.0713. The highest BCUT2D eigenvalue weighted by molar-refractivity contribution is 5.59. The van der Waals surface area contributed by atoms with Gasteiger partial charge in [-0.1, -0.05) is 6.07 Å². The van der Waals surface area contributed by atoms with Crippen LogP contribution in [0.25, 0.3) is 5.65 Å². The van der Waals surface area contributed by atoms with Crippen LogP contribution in [0.15, 0.2) is 24.4 Å². The van der Waals surface area contributed by atoms with Gasteiger partial charge in [-0.05, 0) is 37.8 Å². The smallest absolute Gasteiger partial charge is 0.388 e. The third kappa shape index (κ3) is 3.17. The Morgan fingerprint density at radius 2 is 2.25 bits per heavy atom. The fourth-order valence-electron chi connectivity index (χ4n) is 3.25. The average molecular weight is 338 g/mol. The first kappa shape index (κ1) is 16.6. The predicted octanol–water partition coefficient (Wildman–Crippen LogP) is 3.10. The van der Waals surface area contributed by atoms with E-state index in [0.717, 1.165) is 0 Å². The maximum Gasteiger partial charge on any atom is 0.391 e. The van der Waals surface area contributed by atoms with Crippen LogP contribution in [-0.2, 0) is 0 Å². The minimum atomic E-state index is -4.30. The van der Waals surface area contributed by atoms with Gasteiger partial charge in [-0.2, -0.15) is 18.4 Å². The number of pyridine rings is 1. The van der Waals surface area contributed by atoms with Gasteiger partial charge in [-0.15, -0.1) is 0 Å². The standard InChI is InChI=1S/C16H17F3N4O/c17-16(18,19)11-4-3-6-15(24,8-11)10-21-14-12(9-20)23-7-2-1-5-13(23)22-14/h1-2,5,7,11,21,24H,3-4,6,8,10H2. The normalized spacial score (nSPS) is 24.7. The number of fused-ring (bicyclic) bond motifs is 1. The van der Waals surface area contributed by atoms with E-state index in [-0.39, 0.29) is 30.9 Å². The molecule has 128 valence electrons. The molecule has 0 bridgehead atoms. The summed E-state index contributed by atoms with van der Waals surface area (Å²) in [5.74, 6) is -1.22. The SMILES string of the molecule is N#Cc1c(NCC2(O)CCCC(C(F)(F)F)C2)nc2ccccn12. The molecule has 2 N–H and O–H groups in total. The number of nitriles is 1. The third-order valence-corrected chi connectivity index (χ3v) is 4.50. The van der Waals surface area contributed by atoms with Crippen LogP contribution < -0.4 is 5.32 Å². The van der Waals surface area contributed by atoms with Crippen molar-refractivity contribution in [2.75, 3.05) is 11.9 Å². The van der Waals surface area contributed by atoms with Crippen molar-refractivity contribution in [1.29, 1.82) is 5.26 Å². The monoisotopic (exact) mass is 338 g/mol. The lowest BCUT2D eigenvalue weighted by atomic mass is 9.77. The molecule has 24 heavy (non-hydrogen) atoms. The highest BCUT2D eigenvalue weighted by Gasteiger charge is 2.46. The molecule has 1 saturated carbocycles. The number of hydrogen-bond donors (Lipinski definition) is 2. The number of imidazole rings is 1. The lowest BCUT2D eigenvalue weighted by Gasteiger charge is -2.37. The molecule has 0 amide bonds. The largest absolute Gasteiger partial charge is 0.391 e. The summed E-state index contributed by atoms with van der Waals surface area (Å²) in [6, 6.07) is 7.28. The van der Waals surface area contributed by atoms with Crippen LogP contribution in [0.3, 0.4) is 0 Å². The Bertz CT molecular complexity index is 780. The first-order chi connectivity index (χ1) is 11.3. The van der Waals surface area contributed by atoms with E-state index in [4.69, 9.17) is 0 Å². The Balaban J connectivity index is 1.77. The van der Waals surface area contributed by atoms with Gasteiger partial charge in [0.05, 0.1) is 11.5 Å².